The zero-order chi connectivity index (χ0) is 21.3. The van der Waals surface area contributed by atoms with Crippen LogP contribution in [0, 0.1) is 0 Å². The number of likely N-dealkylation sites (N-methyl/N-ethyl adjacent to an activating group) is 1. The standard InChI is InChI=1S/C20H22N2O7/c1-11-14(18(24)28-10-9-26-3)20(19(25)22(11)2)12-7-5-6-8-13(12)29-16(21)15(20)17(23)27-4/h5-8H,9-10,21H2,1-4H3/t20-/m0/s1. The number of nitrogens with two attached hydrogens (primary N) is 1. The van der Waals surface area contributed by atoms with Crippen LogP contribution in [0.5, 0.6) is 5.75 Å². The summed E-state index contributed by atoms with van der Waals surface area (Å²) in [5, 5.41) is 0. The second-order valence-electron chi connectivity index (χ2n) is 6.53. The van der Waals surface area contributed by atoms with Crippen molar-refractivity contribution in [2.75, 3.05) is 34.5 Å². The van der Waals surface area contributed by atoms with Gasteiger partial charge >= 0.3 is 11.9 Å². The van der Waals surface area contributed by atoms with E-state index in [0.29, 0.717) is 11.3 Å². The van der Waals surface area contributed by atoms with E-state index in [0.717, 1.165) is 7.11 Å². The van der Waals surface area contributed by atoms with Crippen LogP contribution in [0.2, 0.25) is 0 Å². The van der Waals surface area contributed by atoms with Gasteiger partial charge in [0.05, 0.1) is 19.3 Å². The topological polar surface area (TPSA) is 117 Å². The van der Waals surface area contributed by atoms with Gasteiger partial charge in [0.1, 0.15) is 23.3 Å². The number of fused-ring (bicyclic) bond motifs is 2. The van der Waals surface area contributed by atoms with E-state index in [2.05, 4.69) is 0 Å². The number of ether oxygens (including phenoxy) is 4. The predicted molar refractivity (Wildman–Crippen MR) is 100 cm³/mol. The number of hydrogen-bond donors (Lipinski definition) is 1. The monoisotopic (exact) mass is 402 g/mol. The molecule has 1 spiro atoms. The van der Waals surface area contributed by atoms with Crippen molar-refractivity contribution in [3.05, 3.63) is 52.6 Å². The third-order valence-electron chi connectivity index (χ3n) is 5.11. The molecule has 0 radical (unpaired) electrons. The lowest BCUT2D eigenvalue weighted by molar-refractivity contribution is -0.143. The first-order valence-electron chi connectivity index (χ1n) is 8.83. The van der Waals surface area contributed by atoms with E-state index >= 15 is 0 Å². The van der Waals surface area contributed by atoms with Gasteiger partial charge in [-0.3, -0.25) is 4.79 Å². The second-order valence-corrected chi connectivity index (χ2v) is 6.53. The van der Waals surface area contributed by atoms with E-state index < -0.39 is 23.3 Å². The van der Waals surface area contributed by atoms with Gasteiger partial charge in [0.15, 0.2) is 0 Å². The normalized spacial score (nSPS) is 20.7. The molecule has 2 aliphatic heterocycles. The molecular formula is C20H22N2O7. The summed E-state index contributed by atoms with van der Waals surface area (Å²) >= 11 is 0. The molecule has 0 saturated carbocycles. The third kappa shape index (κ3) is 2.85. The van der Waals surface area contributed by atoms with Crippen LogP contribution in [0.25, 0.3) is 0 Å². The lowest BCUT2D eigenvalue weighted by Crippen LogP contribution is -2.49. The Balaban J connectivity index is 2.32. The second kappa shape index (κ2) is 7.59. The first kappa shape index (κ1) is 20.4. The highest BCUT2D eigenvalue weighted by Gasteiger charge is 2.63. The lowest BCUT2D eigenvalue weighted by Gasteiger charge is -2.36. The Morgan fingerprint density at radius 2 is 1.83 bits per heavy atom. The average molecular weight is 402 g/mol. The fraction of sp³-hybridized carbons (Fsp3) is 0.350. The maximum absolute atomic E-state index is 13.6. The highest BCUT2D eigenvalue weighted by molar-refractivity contribution is 6.17. The number of benzene rings is 1. The molecule has 0 saturated heterocycles. The minimum Gasteiger partial charge on any atom is -0.465 e. The van der Waals surface area contributed by atoms with E-state index in [4.69, 9.17) is 24.7 Å². The fourth-order valence-electron chi connectivity index (χ4n) is 3.73. The maximum atomic E-state index is 13.6. The van der Waals surface area contributed by atoms with Crippen LogP contribution in [-0.4, -0.2) is 57.2 Å². The van der Waals surface area contributed by atoms with Gasteiger partial charge in [-0.2, -0.15) is 0 Å². The number of carbonyl (C=O) groups is 3. The van der Waals surface area contributed by atoms with E-state index in [1.807, 2.05) is 0 Å². The van der Waals surface area contributed by atoms with Crippen LogP contribution in [0.15, 0.2) is 47.0 Å². The summed E-state index contributed by atoms with van der Waals surface area (Å²) in [6, 6.07) is 6.58. The van der Waals surface area contributed by atoms with Gasteiger partial charge in [-0.15, -0.1) is 0 Å². The lowest BCUT2D eigenvalue weighted by atomic mass is 9.67. The van der Waals surface area contributed by atoms with Crippen molar-refractivity contribution in [2.24, 2.45) is 5.73 Å². The average Bonchev–Trinajstić information content (AvgIpc) is 2.89. The first-order valence-corrected chi connectivity index (χ1v) is 8.83. The van der Waals surface area contributed by atoms with Crippen LogP contribution in [-0.2, 0) is 34.0 Å². The summed E-state index contributed by atoms with van der Waals surface area (Å²) < 4.78 is 20.7. The van der Waals surface area contributed by atoms with E-state index in [1.54, 1.807) is 31.2 Å². The quantitative estimate of drug-likeness (QED) is 0.562. The molecule has 3 rings (SSSR count). The maximum Gasteiger partial charge on any atom is 0.340 e. The van der Waals surface area contributed by atoms with Crippen LogP contribution >= 0.6 is 0 Å². The van der Waals surface area contributed by atoms with Crippen molar-refractivity contribution in [3.8, 4) is 5.75 Å². The van der Waals surface area contributed by atoms with E-state index in [9.17, 15) is 14.4 Å². The highest BCUT2D eigenvalue weighted by Crippen LogP contribution is 2.53. The molecule has 0 aromatic heterocycles. The summed E-state index contributed by atoms with van der Waals surface area (Å²) in [5.41, 5.74) is 4.59. The van der Waals surface area contributed by atoms with Crippen LogP contribution < -0.4 is 10.5 Å². The minimum absolute atomic E-state index is 0.0137. The summed E-state index contributed by atoms with van der Waals surface area (Å²) in [5.74, 6) is -2.22. The van der Waals surface area contributed by atoms with Crippen LogP contribution in [0.4, 0.5) is 0 Å². The largest absolute Gasteiger partial charge is 0.465 e. The molecule has 2 N–H and O–H groups in total. The molecule has 9 nitrogen and oxygen atoms in total. The Morgan fingerprint density at radius 3 is 2.48 bits per heavy atom. The molecule has 2 heterocycles. The number of carbonyl (C=O) groups excluding carboxylic acids is 3. The molecule has 0 aliphatic carbocycles. The number of nitrogens with zero attached hydrogens (tertiary/aromatic N) is 1. The van der Waals surface area contributed by atoms with Gasteiger partial charge < -0.3 is 29.6 Å². The van der Waals surface area contributed by atoms with Crippen molar-refractivity contribution in [1.82, 2.24) is 4.90 Å². The molecule has 1 aromatic rings. The minimum atomic E-state index is -1.84. The van der Waals surface area contributed by atoms with Gasteiger partial charge in [0, 0.05) is 25.4 Å². The van der Waals surface area contributed by atoms with Gasteiger partial charge in [-0.1, -0.05) is 18.2 Å². The molecule has 9 heteroatoms. The molecular weight excluding hydrogens is 380 g/mol. The Labute approximate surface area is 167 Å². The Kier molecular flexibility index (Phi) is 5.34. The number of rotatable bonds is 5. The zero-order valence-corrected chi connectivity index (χ0v) is 16.6. The number of amides is 1. The summed E-state index contributed by atoms with van der Waals surface area (Å²) in [7, 11) is 4.14. The molecule has 0 fully saturated rings. The molecule has 2 aliphatic rings. The van der Waals surface area contributed by atoms with Crippen molar-refractivity contribution >= 4 is 17.8 Å². The number of methoxy groups -OCH3 is 2. The van der Waals surface area contributed by atoms with E-state index in [1.165, 1.54) is 19.1 Å². The Morgan fingerprint density at radius 1 is 1.14 bits per heavy atom. The molecule has 1 aromatic carbocycles. The Bertz CT molecular complexity index is 950. The predicted octanol–water partition coefficient (Wildman–Crippen LogP) is 0.596. The first-order chi connectivity index (χ1) is 13.8. The van der Waals surface area contributed by atoms with Crippen molar-refractivity contribution in [1.29, 1.82) is 0 Å². The third-order valence-corrected chi connectivity index (χ3v) is 5.11. The summed E-state index contributed by atoms with van der Waals surface area (Å²) in [4.78, 5) is 40.7. The summed E-state index contributed by atoms with van der Waals surface area (Å²) in [6.07, 6.45) is 0. The number of para-hydroxylation sites is 1. The SMILES string of the molecule is COCCOC(=O)C1=C(C)N(C)C(=O)[C@]12C(C(=O)OC)=C(N)Oc1ccccc12. The smallest absolute Gasteiger partial charge is 0.340 e. The molecule has 0 bridgehead atoms. The van der Waals surface area contributed by atoms with Crippen LogP contribution in [0.3, 0.4) is 0 Å². The number of hydrogen-bond acceptors (Lipinski definition) is 8. The molecule has 0 unspecified atom stereocenters. The van der Waals surface area contributed by atoms with Gasteiger partial charge in [-0.05, 0) is 13.0 Å². The molecule has 29 heavy (non-hydrogen) atoms. The summed E-state index contributed by atoms with van der Waals surface area (Å²) in [6.45, 7) is 1.75. The highest BCUT2D eigenvalue weighted by atomic mass is 16.6. The van der Waals surface area contributed by atoms with Gasteiger partial charge in [-0.25, -0.2) is 9.59 Å². The van der Waals surface area contributed by atoms with Crippen molar-refractivity contribution in [3.63, 3.8) is 0 Å². The molecule has 154 valence electrons. The van der Waals surface area contributed by atoms with Crippen LogP contribution in [0.1, 0.15) is 12.5 Å². The van der Waals surface area contributed by atoms with Gasteiger partial charge in [0.25, 0.3) is 0 Å². The number of esters is 2. The zero-order valence-electron chi connectivity index (χ0n) is 16.6. The van der Waals surface area contributed by atoms with Gasteiger partial charge in [0.2, 0.25) is 11.8 Å². The Hall–Kier alpha value is -3.33. The fourth-order valence-corrected chi connectivity index (χ4v) is 3.73. The van der Waals surface area contributed by atoms with E-state index in [-0.39, 0.29) is 36.0 Å². The van der Waals surface area contributed by atoms with Crippen molar-refractivity contribution in [2.45, 2.75) is 12.3 Å². The van der Waals surface area contributed by atoms with Crippen molar-refractivity contribution < 1.29 is 33.3 Å². The molecule has 1 amide bonds. The number of allylic oxidation sites excluding steroid dienone is 1. The molecule has 1 atom stereocenters.